The van der Waals surface area contributed by atoms with E-state index in [4.69, 9.17) is 5.41 Å². The van der Waals surface area contributed by atoms with Crippen LogP contribution in [0.25, 0.3) is 0 Å². The predicted molar refractivity (Wildman–Crippen MR) is 90.3 cm³/mol. The fourth-order valence-electron chi connectivity index (χ4n) is 1.76. The van der Waals surface area contributed by atoms with E-state index < -0.39 is 17.4 Å². The van der Waals surface area contributed by atoms with Gasteiger partial charge in [0.15, 0.2) is 5.71 Å². The molecule has 24 heavy (non-hydrogen) atoms. The Morgan fingerprint density at radius 3 is 2.04 bits per heavy atom. The van der Waals surface area contributed by atoms with Crippen LogP contribution in [0.2, 0.25) is 0 Å². The number of phenolic OH excluding ortho intramolecular Hbond substituents is 2. The maximum absolute atomic E-state index is 11.8. The third-order valence-corrected chi connectivity index (χ3v) is 3.00. The van der Waals surface area contributed by atoms with E-state index in [2.05, 4.69) is 10.6 Å². The van der Waals surface area contributed by atoms with Crippen LogP contribution in [0.3, 0.4) is 0 Å². The fourth-order valence-corrected chi connectivity index (χ4v) is 1.76. The van der Waals surface area contributed by atoms with Crippen molar-refractivity contribution >= 4 is 28.8 Å². The number of nitrogens with one attached hydrogen (secondary N) is 3. The second-order valence-corrected chi connectivity index (χ2v) is 4.71. The summed E-state index contributed by atoms with van der Waals surface area (Å²) in [5.41, 5.74) is -0.295. The van der Waals surface area contributed by atoms with Crippen LogP contribution in [0, 0.1) is 5.41 Å². The average Bonchev–Trinajstić information content (AvgIpc) is 2.57. The lowest BCUT2D eigenvalue weighted by Crippen LogP contribution is -2.28. The van der Waals surface area contributed by atoms with Gasteiger partial charge in [0.1, 0.15) is 11.5 Å². The number of allylic oxidation sites excluding steroid dienone is 1. The molecule has 0 aliphatic heterocycles. The van der Waals surface area contributed by atoms with E-state index in [-0.39, 0.29) is 17.2 Å². The van der Waals surface area contributed by atoms with Crippen LogP contribution in [-0.2, 0) is 9.59 Å². The molecule has 0 unspecified atom stereocenters. The second kappa shape index (κ2) is 7.59. The lowest BCUT2D eigenvalue weighted by Gasteiger charge is -2.06. The molecule has 2 aromatic carbocycles. The normalized spacial score (nSPS) is 10.3. The van der Waals surface area contributed by atoms with E-state index in [1.54, 1.807) is 30.3 Å². The number of carbonyl (C=O) groups excluding carboxylic acids is 2. The zero-order valence-electron chi connectivity index (χ0n) is 12.5. The number of anilines is 2. The van der Waals surface area contributed by atoms with Gasteiger partial charge in [-0.05, 0) is 24.3 Å². The second-order valence-electron chi connectivity index (χ2n) is 4.71. The average molecular weight is 325 g/mol. The Morgan fingerprint density at radius 2 is 1.46 bits per heavy atom. The van der Waals surface area contributed by atoms with Gasteiger partial charge in [0, 0.05) is 12.3 Å². The molecule has 0 bridgehead atoms. The number of carbonyl (C=O) groups is 2. The summed E-state index contributed by atoms with van der Waals surface area (Å²) in [7, 11) is 0. The summed E-state index contributed by atoms with van der Waals surface area (Å²) in [6.45, 7) is 0. The van der Waals surface area contributed by atoms with Crippen molar-refractivity contribution in [2.75, 3.05) is 10.6 Å². The van der Waals surface area contributed by atoms with Gasteiger partial charge in [-0.1, -0.05) is 24.3 Å². The number of para-hydroxylation sites is 4. The molecule has 122 valence electrons. The van der Waals surface area contributed by atoms with Gasteiger partial charge < -0.3 is 20.8 Å². The van der Waals surface area contributed by atoms with Crippen molar-refractivity contribution in [1.29, 1.82) is 5.41 Å². The SMILES string of the molecule is N=C(C(=O)/C=C\Nc1ccccc1O)C(=O)Nc1ccccc1O. The first-order chi connectivity index (χ1) is 11.5. The van der Waals surface area contributed by atoms with Crippen LogP contribution in [-0.4, -0.2) is 27.6 Å². The summed E-state index contributed by atoms with van der Waals surface area (Å²) in [5, 5.41) is 31.6. The highest BCUT2D eigenvalue weighted by atomic mass is 16.3. The number of hydrogen-bond acceptors (Lipinski definition) is 6. The minimum absolute atomic E-state index is 0.00183. The number of rotatable bonds is 6. The molecule has 0 saturated heterocycles. The molecule has 0 saturated carbocycles. The number of amides is 1. The zero-order chi connectivity index (χ0) is 17.5. The van der Waals surface area contributed by atoms with Crippen molar-refractivity contribution in [2.45, 2.75) is 0 Å². The number of hydrogen-bond donors (Lipinski definition) is 5. The summed E-state index contributed by atoms with van der Waals surface area (Å²) < 4.78 is 0. The summed E-state index contributed by atoms with van der Waals surface area (Å²) in [6.07, 6.45) is 2.22. The summed E-state index contributed by atoms with van der Waals surface area (Å²) in [4.78, 5) is 23.6. The van der Waals surface area contributed by atoms with E-state index in [1.165, 1.54) is 24.4 Å². The van der Waals surface area contributed by atoms with Gasteiger partial charge in [0.05, 0.1) is 11.4 Å². The topological polar surface area (TPSA) is 123 Å². The van der Waals surface area contributed by atoms with E-state index in [0.717, 1.165) is 6.08 Å². The molecule has 0 aromatic heterocycles. The molecule has 0 spiro atoms. The van der Waals surface area contributed by atoms with Crippen LogP contribution >= 0.6 is 0 Å². The molecule has 0 radical (unpaired) electrons. The Kier molecular flexibility index (Phi) is 5.30. The number of ketones is 1. The number of aromatic hydroxyl groups is 2. The zero-order valence-corrected chi connectivity index (χ0v) is 12.5. The number of phenols is 2. The van der Waals surface area contributed by atoms with Gasteiger partial charge in [0.2, 0.25) is 5.78 Å². The summed E-state index contributed by atoms with van der Waals surface area (Å²) in [5.74, 6) is -1.93. The first-order valence-electron chi connectivity index (χ1n) is 6.92. The highest BCUT2D eigenvalue weighted by Crippen LogP contribution is 2.22. The van der Waals surface area contributed by atoms with Gasteiger partial charge >= 0.3 is 0 Å². The molecule has 0 fully saturated rings. The molecule has 7 heteroatoms. The lowest BCUT2D eigenvalue weighted by atomic mass is 10.2. The van der Waals surface area contributed by atoms with Crippen molar-refractivity contribution in [3.63, 3.8) is 0 Å². The standard InChI is InChI=1S/C17H15N3O4/c18-16(17(24)20-12-6-2-4-8-14(12)22)15(23)9-10-19-11-5-1-3-7-13(11)21/h1-10,18-19,21-22H,(H,20,24)/b10-9-,18-16?. The van der Waals surface area contributed by atoms with E-state index in [9.17, 15) is 19.8 Å². The van der Waals surface area contributed by atoms with Crippen LogP contribution in [0.4, 0.5) is 11.4 Å². The Balaban J connectivity index is 1.95. The monoisotopic (exact) mass is 325 g/mol. The molecule has 0 aliphatic rings. The van der Waals surface area contributed by atoms with Crippen LogP contribution in [0.5, 0.6) is 11.5 Å². The minimum Gasteiger partial charge on any atom is -0.506 e. The van der Waals surface area contributed by atoms with Crippen molar-refractivity contribution in [1.82, 2.24) is 0 Å². The summed E-state index contributed by atoms with van der Waals surface area (Å²) in [6, 6.07) is 12.4. The van der Waals surface area contributed by atoms with Gasteiger partial charge in [-0.3, -0.25) is 15.0 Å². The molecule has 2 rings (SSSR count). The van der Waals surface area contributed by atoms with Crippen molar-refractivity contribution in [3.05, 3.63) is 60.8 Å². The lowest BCUT2D eigenvalue weighted by molar-refractivity contribution is -0.113. The molecule has 1 amide bonds. The molecular formula is C17H15N3O4. The van der Waals surface area contributed by atoms with Crippen molar-refractivity contribution in [2.24, 2.45) is 0 Å². The van der Waals surface area contributed by atoms with E-state index in [1.807, 2.05) is 0 Å². The van der Waals surface area contributed by atoms with E-state index in [0.29, 0.717) is 5.69 Å². The summed E-state index contributed by atoms with van der Waals surface area (Å²) >= 11 is 0. The molecular weight excluding hydrogens is 310 g/mol. The van der Waals surface area contributed by atoms with Crippen LogP contribution < -0.4 is 10.6 Å². The van der Waals surface area contributed by atoms with Gasteiger partial charge in [0.25, 0.3) is 5.91 Å². The fraction of sp³-hybridized carbons (Fsp3) is 0. The molecule has 7 nitrogen and oxygen atoms in total. The van der Waals surface area contributed by atoms with Crippen LogP contribution in [0.1, 0.15) is 0 Å². The Bertz CT molecular complexity index is 815. The maximum Gasteiger partial charge on any atom is 0.277 e. The first kappa shape index (κ1) is 16.8. The third-order valence-electron chi connectivity index (χ3n) is 3.00. The Hall–Kier alpha value is -3.61. The van der Waals surface area contributed by atoms with Crippen molar-refractivity contribution < 1.29 is 19.8 Å². The Labute approximate surface area is 137 Å². The first-order valence-corrected chi connectivity index (χ1v) is 6.92. The maximum atomic E-state index is 11.8. The van der Waals surface area contributed by atoms with Gasteiger partial charge in [-0.2, -0.15) is 0 Å². The van der Waals surface area contributed by atoms with Crippen molar-refractivity contribution in [3.8, 4) is 11.5 Å². The molecule has 2 aromatic rings. The quantitative estimate of drug-likeness (QED) is 0.241. The Morgan fingerprint density at radius 1 is 0.917 bits per heavy atom. The third kappa shape index (κ3) is 4.20. The molecule has 0 atom stereocenters. The largest absolute Gasteiger partial charge is 0.506 e. The number of benzene rings is 2. The highest BCUT2D eigenvalue weighted by molar-refractivity contribution is 6.68. The van der Waals surface area contributed by atoms with Crippen LogP contribution in [0.15, 0.2) is 60.8 Å². The molecule has 0 heterocycles. The van der Waals surface area contributed by atoms with Gasteiger partial charge in [-0.25, -0.2) is 0 Å². The van der Waals surface area contributed by atoms with Gasteiger partial charge in [-0.15, -0.1) is 0 Å². The molecule has 5 N–H and O–H groups in total. The molecule has 0 aliphatic carbocycles. The highest BCUT2D eigenvalue weighted by Gasteiger charge is 2.17. The minimum atomic E-state index is -0.936. The predicted octanol–water partition coefficient (Wildman–Crippen LogP) is 2.25. The smallest absolute Gasteiger partial charge is 0.277 e. The van der Waals surface area contributed by atoms with E-state index >= 15 is 0 Å².